The van der Waals surface area contributed by atoms with Crippen molar-refractivity contribution in [1.82, 2.24) is 14.5 Å². The minimum atomic E-state index is -3.11. The van der Waals surface area contributed by atoms with E-state index < -0.39 is 15.1 Å². The minimum Gasteiger partial charge on any atom is -0.320 e. The first-order chi connectivity index (χ1) is 14.3. The summed E-state index contributed by atoms with van der Waals surface area (Å²) < 4.78 is 25.8. The van der Waals surface area contributed by atoms with Gasteiger partial charge in [0.2, 0.25) is 0 Å². The lowest BCUT2D eigenvalue weighted by atomic mass is 10.0. The predicted octanol–water partition coefficient (Wildman–Crippen LogP) is 4.70. The molecule has 1 unspecified atom stereocenters. The molecule has 0 spiro atoms. The van der Waals surface area contributed by atoms with Crippen molar-refractivity contribution in [3.05, 3.63) is 78.1 Å². The normalized spacial score (nSPS) is 16.5. The molecule has 0 amide bonds. The number of rotatable bonds is 5. The molecule has 2 heterocycles. The molecule has 0 radical (unpaired) electrons. The Labute approximate surface area is 181 Å². The van der Waals surface area contributed by atoms with Crippen molar-refractivity contribution in [1.29, 1.82) is 0 Å². The lowest BCUT2D eigenvalue weighted by Crippen LogP contribution is -2.18. The van der Waals surface area contributed by atoms with E-state index in [1.54, 1.807) is 24.0 Å². The van der Waals surface area contributed by atoms with Gasteiger partial charge in [-0.2, -0.15) is 0 Å². The largest absolute Gasteiger partial charge is 0.320 e. The number of aromatic nitrogens is 3. The highest BCUT2D eigenvalue weighted by atomic mass is 32.2. The van der Waals surface area contributed by atoms with Crippen LogP contribution in [0.25, 0.3) is 17.1 Å². The zero-order valence-electron chi connectivity index (χ0n) is 17.1. The van der Waals surface area contributed by atoms with Gasteiger partial charge >= 0.3 is 0 Å². The van der Waals surface area contributed by atoms with E-state index >= 15 is 0 Å². The van der Waals surface area contributed by atoms with Crippen LogP contribution < -0.4 is 0 Å². The summed E-state index contributed by atoms with van der Waals surface area (Å²) in [6.07, 6.45) is 9.09. The number of nitrogens with zero attached hydrogens (tertiary/aromatic N) is 3. The Morgan fingerprint density at radius 1 is 1.13 bits per heavy atom. The van der Waals surface area contributed by atoms with Crippen LogP contribution in [0.3, 0.4) is 0 Å². The van der Waals surface area contributed by atoms with Crippen molar-refractivity contribution in [2.45, 2.75) is 28.5 Å². The Morgan fingerprint density at radius 2 is 1.90 bits per heavy atom. The van der Waals surface area contributed by atoms with E-state index in [-0.39, 0.29) is 0 Å². The van der Waals surface area contributed by atoms with Crippen molar-refractivity contribution >= 4 is 27.2 Å². The second-order valence-corrected chi connectivity index (χ2v) is 10.7. The van der Waals surface area contributed by atoms with Crippen molar-refractivity contribution in [3.63, 3.8) is 0 Å². The zero-order chi connectivity index (χ0) is 21.3. The van der Waals surface area contributed by atoms with Gasteiger partial charge < -0.3 is 4.57 Å². The van der Waals surface area contributed by atoms with Crippen molar-refractivity contribution in [2.24, 2.45) is 7.05 Å². The molecular weight excluding hydrogens is 414 g/mol. The van der Waals surface area contributed by atoms with Crippen molar-refractivity contribution in [2.75, 3.05) is 6.26 Å². The summed E-state index contributed by atoms with van der Waals surface area (Å²) in [5.41, 5.74) is 3.78. The van der Waals surface area contributed by atoms with Crippen molar-refractivity contribution < 1.29 is 8.42 Å². The van der Waals surface area contributed by atoms with Gasteiger partial charge in [0.05, 0.1) is 5.25 Å². The van der Waals surface area contributed by atoms with E-state index in [1.165, 1.54) is 11.8 Å². The molecule has 30 heavy (non-hydrogen) atoms. The summed E-state index contributed by atoms with van der Waals surface area (Å²) in [5, 5.41) is 0.515. The maximum absolute atomic E-state index is 11.9. The van der Waals surface area contributed by atoms with Crippen molar-refractivity contribution in [3.8, 4) is 11.5 Å². The van der Waals surface area contributed by atoms with Gasteiger partial charge in [0.15, 0.2) is 15.7 Å². The fraction of sp³-hybridized carbons (Fsp3) is 0.217. The maximum Gasteiger partial charge on any atom is 0.159 e. The smallest absolute Gasteiger partial charge is 0.159 e. The first-order valence-corrected chi connectivity index (χ1v) is 12.4. The van der Waals surface area contributed by atoms with Gasteiger partial charge in [0, 0.05) is 24.4 Å². The number of hydrogen-bond acceptors (Lipinski definition) is 5. The molecule has 0 aliphatic heterocycles. The van der Waals surface area contributed by atoms with Crippen LogP contribution in [-0.4, -0.2) is 34.5 Å². The van der Waals surface area contributed by atoms with Crippen LogP contribution in [0, 0.1) is 6.92 Å². The monoisotopic (exact) mass is 437 g/mol. The van der Waals surface area contributed by atoms with Crippen LogP contribution in [0.5, 0.6) is 0 Å². The number of imidazole rings is 1. The Balaban J connectivity index is 1.78. The summed E-state index contributed by atoms with van der Waals surface area (Å²) in [6.45, 7) is 2.07. The molecule has 1 aliphatic carbocycles. The highest BCUT2D eigenvalue weighted by Crippen LogP contribution is 2.38. The van der Waals surface area contributed by atoms with Crippen LogP contribution in [-0.2, 0) is 16.9 Å². The highest BCUT2D eigenvalue weighted by molar-refractivity contribution is 7.99. The van der Waals surface area contributed by atoms with E-state index in [4.69, 9.17) is 4.98 Å². The molecule has 1 atom stereocenters. The third-order valence-electron chi connectivity index (χ3n) is 5.06. The molecule has 0 bridgehead atoms. The number of sulfone groups is 1. The summed E-state index contributed by atoms with van der Waals surface area (Å²) in [4.78, 5) is 10.5. The molecule has 0 N–H and O–H groups in total. The van der Waals surface area contributed by atoms with Crippen LogP contribution in [0.15, 0.2) is 76.8 Å². The molecule has 0 fully saturated rings. The fourth-order valence-corrected chi connectivity index (χ4v) is 5.11. The third-order valence-corrected chi connectivity index (χ3v) is 7.67. The predicted molar refractivity (Wildman–Crippen MR) is 122 cm³/mol. The van der Waals surface area contributed by atoms with Gasteiger partial charge in [-0.15, -0.1) is 0 Å². The summed E-state index contributed by atoms with van der Waals surface area (Å²) >= 11 is 1.64. The average molecular weight is 438 g/mol. The van der Waals surface area contributed by atoms with Gasteiger partial charge in [-0.1, -0.05) is 53.8 Å². The third kappa shape index (κ3) is 4.27. The molecule has 1 aromatic carbocycles. The molecule has 0 saturated carbocycles. The van der Waals surface area contributed by atoms with E-state index in [9.17, 15) is 8.42 Å². The van der Waals surface area contributed by atoms with E-state index in [0.717, 1.165) is 32.7 Å². The van der Waals surface area contributed by atoms with Gasteiger partial charge in [0.1, 0.15) is 16.4 Å². The molecule has 5 nitrogen and oxygen atoms in total. The first-order valence-electron chi connectivity index (χ1n) is 9.63. The number of hydrogen-bond donors (Lipinski definition) is 0. The van der Waals surface area contributed by atoms with Gasteiger partial charge in [-0.3, -0.25) is 4.98 Å². The average Bonchev–Trinajstić information content (AvgIpc) is 3.06. The lowest BCUT2D eigenvalue weighted by Gasteiger charge is -2.14. The standard InChI is InChI=1S/C23H23N3O2S2/c1-16-7-11-18(12-8-16)29-23-21(17-9-13-19(14-10-17)30(3,27)28)25-22(26(23)2)20-6-4-5-15-24-20/h4-13,15,19H,14H2,1-3H3. The van der Waals surface area contributed by atoms with Gasteiger partial charge in [-0.05, 0) is 43.2 Å². The Kier molecular flexibility index (Phi) is 5.66. The van der Waals surface area contributed by atoms with Crippen LogP contribution in [0.4, 0.5) is 0 Å². The SMILES string of the molecule is Cc1ccc(Sc2c(C3=CCC(S(C)(=O)=O)C=C3)nc(-c3ccccn3)n2C)cc1. The number of benzene rings is 1. The second kappa shape index (κ2) is 8.24. The van der Waals surface area contributed by atoms with E-state index in [1.807, 2.05) is 37.4 Å². The zero-order valence-corrected chi connectivity index (χ0v) is 18.7. The molecular formula is C23H23N3O2S2. The fourth-order valence-electron chi connectivity index (χ4n) is 3.32. The molecule has 154 valence electrons. The number of allylic oxidation sites excluding steroid dienone is 3. The minimum absolute atomic E-state index is 0.453. The highest BCUT2D eigenvalue weighted by Gasteiger charge is 2.24. The number of aryl methyl sites for hydroxylation is 1. The molecule has 1 aliphatic rings. The van der Waals surface area contributed by atoms with E-state index in [2.05, 4.69) is 40.7 Å². The maximum atomic E-state index is 11.9. The summed E-state index contributed by atoms with van der Waals surface area (Å²) in [7, 11) is -1.12. The van der Waals surface area contributed by atoms with Crippen LogP contribution in [0.2, 0.25) is 0 Å². The molecule has 0 saturated heterocycles. The van der Waals surface area contributed by atoms with Gasteiger partial charge in [0.25, 0.3) is 0 Å². The lowest BCUT2D eigenvalue weighted by molar-refractivity contribution is 0.594. The quantitative estimate of drug-likeness (QED) is 0.579. The second-order valence-electron chi connectivity index (χ2n) is 7.40. The molecule has 2 aromatic heterocycles. The first kappa shape index (κ1) is 20.6. The van der Waals surface area contributed by atoms with Gasteiger partial charge in [-0.25, -0.2) is 13.4 Å². The topological polar surface area (TPSA) is 64.8 Å². The van der Waals surface area contributed by atoms with E-state index in [0.29, 0.717) is 6.42 Å². The Morgan fingerprint density at radius 3 is 2.50 bits per heavy atom. The van der Waals surface area contributed by atoms with Crippen LogP contribution in [0.1, 0.15) is 17.7 Å². The molecule has 7 heteroatoms. The summed E-state index contributed by atoms with van der Waals surface area (Å²) in [6, 6.07) is 14.2. The number of pyridine rings is 1. The summed E-state index contributed by atoms with van der Waals surface area (Å²) in [5.74, 6) is 0.778. The Hall–Kier alpha value is -2.64. The molecule has 4 rings (SSSR count). The molecule has 3 aromatic rings. The van der Waals surface area contributed by atoms with Crippen LogP contribution >= 0.6 is 11.8 Å². The Bertz CT molecular complexity index is 1230.